The molecule has 0 aliphatic rings. The molecule has 1 aromatic heterocycles. The number of carbonyl (C=O) groups excluding carboxylic acids is 1. The lowest BCUT2D eigenvalue weighted by molar-refractivity contribution is 0.102. The Labute approximate surface area is 123 Å². The first-order chi connectivity index (χ1) is 9.52. The van der Waals surface area contributed by atoms with Crippen LogP contribution < -0.4 is 5.32 Å². The molecule has 4 nitrogen and oxygen atoms in total. The zero-order valence-corrected chi connectivity index (χ0v) is 12.8. The summed E-state index contributed by atoms with van der Waals surface area (Å²) < 4.78 is 0. The summed E-state index contributed by atoms with van der Waals surface area (Å²) in [4.78, 5) is 20.8. The zero-order chi connectivity index (χ0) is 14.7. The highest BCUT2D eigenvalue weighted by Gasteiger charge is 2.13. The molecule has 2 rings (SSSR count). The van der Waals surface area contributed by atoms with Gasteiger partial charge in [-0.3, -0.25) is 4.79 Å². The van der Waals surface area contributed by atoms with E-state index in [1.165, 1.54) is 11.8 Å². The topological polar surface area (TPSA) is 54.9 Å². The minimum atomic E-state index is -0.174. The molecule has 0 aliphatic heterocycles. The summed E-state index contributed by atoms with van der Waals surface area (Å²) in [6.07, 6.45) is 3.49. The Morgan fingerprint density at radius 2 is 1.85 bits per heavy atom. The second kappa shape index (κ2) is 6.05. The van der Waals surface area contributed by atoms with Crippen LogP contribution >= 0.6 is 11.8 Å². The van der Waals surface area contributed by atoms with E-state index < -0.39 is 0 Å². The molecule has 0 saturated carbocycles. The van der Waals surface area contributed by atoms with Crippen molar-refractivity contribution in [1.82, 2.24) is 9.97 Å². The van der Waals surface area contributed by atoms with Crippen molar-refractivity contribution >= 4 is 23.4 Å². The molecule has 1 amide bonds. The van der Waals surface area contributed by atoms with Gasteiger partial charge in [-0.1, -0.05) is 30.0 Å². The SMILES string of the molecule is CSc1ncc(C(=O)Nc2c(C)cccc2C)c(C)n1. The van der Waals surface area contributed by atoms with E-state index in [0.717, 1.165) is 16.8 Å². The Bertz CT molecular complexity index is 635. The van der Waals surface area contributed by atoms with Crippen LogP contribution in [0.5, 0.6) is 0 Å². The van der Waals surface area contributed by atoms with Gasteiger partial charge in [0.15, 0.2) is 5.16 Å². The summed E-state index contributed by atoms with van der Waals surface area (Å²) in [6, 6.07) is 5.92. The molecule has 104 valence electrons. The van der Waals surface area contributed by atoms with Gasteiger partial charge in [-0.2, -0.15) is 0 Å². The van der Waals surface area contributed by atoms with Gasteiger partial charge in [0.1, 0.15) is 0 Å². The number of nitrogens with zero attached hydrogens (tertiary/aromatic N) is 2. The number of rotatable bonds is 3. The van der Waals surface area contributed by atoms with Gasteiger partial charge in [0, 0.05) is 11.9 Å². The number of anilines is 1. The van der Waals surface area contributed by atoms with Gasteiger partial charge < -0.3 is 5.32 Å². The molecule has 2 aromatic rings. The smallest absolute Gasteiger partial charge is 0.259 e. The first-order valence-corrected chi connectivity index (χ1v) is 7.50. The molecule has 0 spiro atoms. The minimum Gasteiger partial charge on any atom is -0.321 e. The third kappa shape index (κ3) is 2.99. The highest BCUT2D eigenvalue weighted by atomic mass is 32.2. The molecule has 0 radical (unpaired) electrons. The molecule has 0 unspecified atom stereocenters. The normalized spacial score (nSPS) is 10.4. The van der Waals surface area contributed by atoms with Gasteiger partial charge in [-0.25, -0.2) is 9.97 Å². The predicted molar refractivity (Wildman–Crippen MR) is 82.4 cm³/mol. The maximum atomic E-state index is 12.3. The van der Waals surface area contributed by atoms with Crippen molar-refractivity contribution in [2.75, 3.05) is 11.6 Å². The van der Waals surface area contributed by atoms with Crippen LogP contribution in [0.4, 0.5) is 5.69 Å². The molecular weight excluding hydrogens is 270 g/mol. The summed E-state index contributed by atoms with van der Waals surface area (Å²) >= 11 is 1.46. The number of hydrogen-bond acceptors (Lipinski definition) is 4. The molecule has 0 atom stereocenters. The number of hydrogen-bond donors (Lipinski definition) is 1. The summed E-state index contributed by atoms with van der Waals surface area (Å²) in [5.74, 6) is -0.174. The lowest BCUT2D eigenvalue weighted by atomic mass is 10.1. The second-order valence-electron chi connectivity index (χ2n) is 4.58. The van der Waals surface area contributed by atoms with Crippen molar-refractivity contribution in [3.8, 4) is 0 Å². The largest absolute Gasteiger partial charge is 0.321 e. The Kier molecular flexibility index (Phi) is 4.39. The van der Waals surface area contributed by atoms with Gasteiger partial charge >= 0.3 is 0 Å². The van der Waals surface area contributed by atoms with Crippen LogP contribution in [-0.4, -0.2) is 22.1 Å². The highest BCUT2D eigenvalue weighted by molar-refractivity contribution is 7.98. The minimum absolute atomic E-state index is 0.174. The molecule has 0 saturated heterocycles. The number of nitrogens with one attached hydrogen (secondary N) is 1. The van der Waals surface area contributed by atoms with E-state index in [4.69, 9.17) is 0 Å². The maximum absolute atomic E-state index is 12.3. The third-order valence-corrected chi connectivity index (χ3v) is 3.67. The second-order valence-corrected chi connectivity index (χ2v) is 5.35. The van der Waals surface area contributed by atoms with Crippen LogP contribution in [0.1, 0.15) is 27.2 Å². The highest BCUT2D eigenvalue weighted by Crippen LogP contribution is 2.21. The van der Waals surface area contributed by atoms with Crippen molar-refractivity contribution in [3.05, 3.63) is 46.8 Å². The summed E-state index contributed by atoms with van der Waals surface area (Å²) in [7, 11) is 0. The molecule has 20 heavy (non-hydrogen) atoms. The number of carbonyl (C=O) groups is 1. The van der Waals surface area contributed by atoms with E-state index in [2.05, 4.69) is 15.3 Å². The molecule has 1 aromatic carbocycles. The number of thioether (sulfide) groups is 1. The van der Waals surface area contributed by atoms with Gasteiger partial charge in [-0.15, -0.1) is 0 Å². The van der Waals surface area contributed by atoms with E-state index in [-0.39, 0.29) is 5.91 Å². The van der Waals surface area contributed by atoms with Crippen LogP contribution in [0, 0.1) is 20.8 Å². The number of aromatic nitrogens is 2. The fourth-order valence-electron chi connectivity index (χ4n) is 1.96. The van der Waals surface area contributed by atoms with E-state index in [1.54, 1.807) is 6.20 Å². The van der Waals surface area contributed by atoms with E-state index in [0.29, 0.717) is 16.4 Å². The Morgan fingerprint density at radius 3 is 2.40 bits per heavy atom. The third-order valence-electron chi connectivity index (χ3n) is 3.10. The van der Waals surface area contributed by atoms with E-state index in [1.807, 2.05) is 45.2 Å². The van der Waals surface area contributed by atoms with Crippen molar-refractivity contribution < 1.29 is 4.79 Å². The molecular formula is C15H17N3OS. The van der Waals surface area contributed by atoms with E-state index >= 15 is 0 Å². The molecule has 1 heterocycles. The lowest BCUT2D eigenvalue weighted by Gasteiger charge is -2.12. The summed E-state index contributed by atoms with van der Waals surface area (Å²) in [5, 5.41) is 3.62. The zero-order valence-electron chi connectivity index (χ0n) is 12.0. The Hall–Kier alpha value is -1.88. The number of amides is 1. The van der Waals surface area contributed by atoms with Crippen LogP contribution in [0.25, 0.3) is 0 Å². The average Bonchev–Trinajstić information content (AvgIpc) is 2.42. The predicted octanol–water partition coefficient (Wildman–Crippen LogP) is 3.38. The quantitative estimate of drug-likeness (QED) is 0.694. The first kappa shape index (κ1) is 14.5. The Balaban J connectivity index is 2.29. The van der Waals surface area contributed by atoms with Crippen LogP contribution in [0.2, 0.25) is 0 Å². The standard InChI is InChI=1S/C15H17N3OS/c1-9-6-5-7-10(2)13(9)18-14(19)12-8-16-15(20-4)17-11(12)3/h5-8H,1-4H3,(H,18,19). The van der Waals surface area contributed by atoms with Crippen molar-refractivity contribution in [1.29, 1.82) is 0 Å². The molecule has 1 N–H and O–H groups in total. The van der Waals surface area contributed by atoms with Crippen LogP contribution in [0.3, 0.4) is 0 Å². The Morgan fingerprint density at radius 1 is 1.20 bits per heavy atom. The van der Waals surface area contributed by atoms with Gasteiger partial charge in [0.25, 0.3) is 5.91 Å². The van der Waals surface area contributed by atoms with Gasteiger partial charge in [0.05, 0.1) is 11.3 Å². The van der Waals surface area contributed by atoms with Gasteiger partial charge in [-0.05, 0) is 38.2 Å². The average molecular weight is 287 g/mol. The van der Waals surface area contributed by atoms with Gasteiger partial charge in [0.2, 0.25) is 0 Å². The monoisotopic (exact) mass is 287 g/mol. The molecule has 0 aliphatic carbocycles. The van der Waals surface area contributed by atoms with Crippen molar-refractivity contribution in [2.24, 2.45) is 0 Å². The number of benzene rings is 1. The van der Waals surface area contributed by atoms with E-state index in [9.17, 15) is 4.79 Å². The molecule has 5 heteroatoms. The summed E-state index contributed by atoms with van der Waals surface area (Å²) in [5.41, 5.74) is 4.12. The number of aryl methyl sites for hydroxylation is 3. The van der Waals surface area contributed by atoms with Crippen LogP contribution in [-0.2, 0) is 0 Å². The molecule has 0 fully saturated rings. The number of para-hydroxylation sites is 1. The maximum Gasteiger partial charge on any atom is 0.259 e. The fraction of sp³-hybridized carbons (Fsp3) is 0.267. The molecule has 0 bridgehead atoms. The summed E-state index contributed by atoms with van der Waals surface area (Å²) in [6.45, 7) is 5.77. The van der Waals surface area contributed by atoms with Crippen LogP contribution in [0.15, 0.2) is 29.6 Å². The lowest BCUT2D eigenvalue weighted by Crippen LogP contribution is -2.16. The van der Waals surface area contributed by atoms with Crippen molar-refractivity contribution in [3.63, 3.8) is 0 Å². The van der Waals surface area contributed by atoms with Crippen molar-refractivity contribution in [2.45, 2.75) is 25.9 Å². The fourth-order valence-corrected chi connectivity index (χ4v) is 2.35. The first-order valence-electron chi connectivity index (χ1n) is 6.28.